The minimum atomic E-state index is -0.940. The van der Waals surface area contributed by atoms with Gasteiger partial charge >= 0.3 is 5.97 Å². The van der Waals surface area contributed by atoms with Gasteiger partial charge in [-0.25, -0.2) is 9.78 Å². The first-order valence-electron chi connectivity index (χ1n) is 6.56. The van der Waals surface area contributed by atoms with Gasteiger partial charge in [-0.05, 0) is 25.0 Å². The number of nitrogens with zero attached hydrogens (tertiary/aromatic N) is 2. The van der Waals surface area contributed by atoms with Crippen LogP contribution >= 0.6 is 11.3 Å². The molecule has 0 saturated carbocycles. The van der Waals surface area contributed by atoms with Crippen molar-refractivity contribution in [3.63, 3.8) is 0 Å². The van der Waals surface area contributed by atoms with Gasteiger partial charge in [-0.3, -0.25) is 0 Å². The number of rotatable bonds is 6. The predicted octanol–water partition coefficient (Wildman–Crippen LogP) is 2.92. The van der Waals surface area contributed by atoms with Crippen molar-refractivity contribution in [1.82, 2.24) is 4.98 Å². The highest BCUT2D eigenvalue weighted by Gasteiger charge is 2.17. The molecular weight excluding hydrogens is 288 g/mol. The predicted molar refractivity (Wildman–Crippen MR) is 83.6 cm³/mol. The molecule has 112 valence electrons. The normalized spacial score (nSPS) is 12.0. The number of ether oxygens (including phenoxy) is 1. The fourth-order valence-corrected chi connectivity index (χ4v) is 2.86. The zero-order valence-corrected chi connectivity index (χ0v) is 13.1. The summed E-state index contributed by atoms with van der Waals surface area (Å²) in [4.78, 5) is 17.3. The number of thiazole rings is 1. The summed E-state index contributed by atoms with van der Waals surface area (Å²) in [5, 5.41) is 9.66. The van der Waals surface area contributed by atoms with E-state index < -0.39 is 5.97 Å². The second kappa shape index (κ2) is 6.58. The number of anilines is 1. The molecule has 1 aromatic heterocycles. The van der Waals surface area contributed by atoms with Crippen LogP contribution in [0.4, 0.5) is 5.13 Å². The molecule has 0 saturated heterocycles. The first-order valence-corrected chi connectivity index (χ1v) is 7.38. The third-order valence-electron chi connectivity index (χ3n) is 3.38. The minimum absolute atomic E-state index is 0.175. The van der Waals surface area contributed by atoms with Crippen LogP contribution in [-0.4, -0.2) is 36.3 Å². The molecule has 0 spiro atoms. The summed E-state index contributed by atoms with van der Waals surface area (Å²) in [6.45, 7) is 2.08. The maximum Gasteiger partial charge on any atom is 0.347 e. The van der Waals surface area contributed by atoms with Crippen molar-refractivity contribution < 1.29 is 14.6 Å². The number of benzene rings is 1. The SMILES string of the molecule is COc1ccccc1CC(C)N(C)c1ncc(C(=O)O)s1. The Balaban J connectivity index is 2.11. The number of likely N-dealkylation sites (N-methyl/N-ethyl adjacent to an activating group) is 1. The van der Waals surface area contributed by atoms with Gasteiger partial charge < -0.3 is 14.7 Å². The summed E-state index contributed by atoms with van der Waals surface area (Å²) in [6.07, 6.45) is 2.19. The first kappa shape index (κ1) is 15.3. The Morgan fingerprint density at radius 1 is 1.48 bits per heavy atom. The molecule has 1 heterocycles. The average molecular weight is 306 g/mol. The molecular formula is C15H18N2O3S. The summed E-state index contributed by atoms with van der Waals surface area (Å²) in [6, 6.07) is 8.07. The maximum absolute atomic E-state index is 10.9. The number of carboxylic acid groups (broad SMARTS) is 1. The molecule has 2 rings (SSSR count). The lowest BCUT2D eigenvalue weighted by Gasteiger charge is -2.25. The second-order valence-electron chi connectivity index (χ2n) is 4.79. The van der Waals surface area contributed by atoms with E-state index in [-0.39, 0.29) is 10.9 Å². The highest BCUT2D eigenvalue weighted by atomic mass is 32.1. The Kier molecular flexibility index (Phi) is 4.80. The summed E-state index contributed by atoms with van der Waals surface area (Å²) < 4.78 is 5.36. The number of carbonyl (C=O) groups is 1. The first-order chi connectivity index (χ1) is 10.0. The van der Waals surface area contributed by atoms with Gasteiger partial charge in [0.2, 0.25) is 0 Å². The molecule has 0 radical (unpaired) electrons. The lowest BCUT2D eigenvalue weighted by molar-refractivity contribution is 0.0702. The van der Waals surface area contributed by atoms with Crippen LogP contribution in [0.15, 0.2) is 30.5 Å². The van der Waals surface area contributed by atoms with E-state index in [1.165, 1.54) is 17.5 Å². The summed E-state index contributed by atoms with van der Waals surface area (Å²) in [5.74, 6) is -0.0763. The van der Waals surface area contributed by atoms with E-state index >= 15 is 0 Å². The zero-order chi connectivity index (χ0) is 15.4. The number of carboxylic acids is 1. The van der Waals surface area contributed by atoms with E-state index in [0.717, 1.165) is 17.7 Å². The Morgan fingerprint density at radius 3 is 2.81 bits per heavy atom. The van der Waals surface area contributed by atoms with Crippen molar-refractivity contribution in [3.05, 3.63) is 40.9 Å². The molecule has 0 fully saturated rings. The third-order valence-corrected chi connectivity index (χ3v) is 4.45. The summed E-state index contributed by atoms with van der Waals surface area (Å²) >= 11 is 1.18. The number of hydrogen-bond acceptors (Lipinski definition) is 5. The van der Waals surface area contributed by atoms with E-state index in [2.05, 4.69) is 11.9 Å². The van der Waals surface area contributed by atoms with Crippen molar-refractivity contribution in [3.8, 4) is 5.75 Å². The molecule has 1 aromatic carbocycles. The smallest absolute Gasteiger partial charge is 0.347 e. The number of methoxy groups -OCH3 is 1. The van der Waals surface area contributed by atoms with E-state index in [4.69, 9.17) is 9.84 Å². The molecule has 2 aromatic rings. The minimum Gasteiger partial charge on any atom is -0.496 e. The lowest BCUT2D eigenvalue weighted by Crippen LogP contribution is -2.30. The Morgan fingerprint density at radius 2 is 2.19 bits per heavy atom. The molecule has 0 amide bonds. The van der Waals surface area contributed by atoms with Crippen LogP contribution < -0.4 is 9.64 Å². The largest absolute Gasteiger partial charge is 0.496 e. The summed E-state index contributed by atoms with van der Waals surface area (Å²) in [7, 11) is 3.58. The second-order valence-corrected chi connectivity index (χ2v) is 5.80. The van der Waals surface area contributed by atoms with Gasteiger partial charge in [0.15, 0.2) is 5.13 Å². The van der Waals surface area contributed by atoms with Crippen LogP contribution in [0, 0.1) is 0 Å². The molecule has 1 unspecified atom stereocenters. The highest BCUT2D eigenvalue weighted by Crippen LogP contribution is 2.26. The third kappa shape index (κ3) is 3.52. The van der Waals surface area contributed by atoms with Gasteiger partial charge in [0.1, 0.15) is 10.6 Å². The van der Waals surface area contributed by atoms with Gasteiger partial charge in [-0.1, -0.05) is 29.5 Å². The van der Waals surface area contributed by atoms with E-state index in [1.807, 2.05) is 36.2 Å². The average Bonchev–Trinajstić information content (AvgIpc) is 2.97. The van der Waals surface area contributed by atoms with Crippen molar-refractivity contribution >= 4 is 22.4 Å². The van der Waals surface area contributed by atoms with Gasteiger partial charge in [0.25, 0.3) is 0 Å². The van der Waals surface area contributed by atoms with Crippen molar-refractivity contribution in [2.45, 2.75) is 19.4 Å². The molecule has 1 atom stereocenters. The van der Waals surface area contributed by atoms with Crippen molar-refractivity contribution in [2.75, 3.05) is 19.1 Å². The van der Waals surface area contributed by atoms with Gasteiger partial charge in [0.05, 0.1) is 13.3 Å². The summed E-state index contributed by atoms with van der Waals surface area (Å²) in [5.41, 5.74) is 1.12. The molecule has 6 heteroatoms. The van der Waals surface area contributed by atoms with Gasteiger partial charge in [0, 0.05) is 13.1 Å². The van der Waals surface area contributed by atoms with E-state index in [1.54, 1.807) is 7.11 Å². The highest BCUT2D eigenvalue weighted by molar-refractivity contribution is 7.17. The van der Waals surface area contributed by atoms with E-state index in [0.29, 0.717) is 5.13 Å². The van der Waals surface area contributed by atoms with Crippen molar-refractivity contribution in [2.24, 2.45) is 0 Å². The quantitative estimate of drug-likeness (QED) is 0.889. The maximum atomic E-state index is 10.9. The fraction of sp³-hybridized carbons (Fsp3) is 0.333. The van der Waals surface area contributed by atoms with E-state index in [9.17, 15) is 4.79 Å². The van der Waals surface area contributed by atoms with Crippen LogP contribution in [0.2, 0.25) is 0 Å². The lowest BCUT2D eigenvalue weighted by atomic mass is 10.1. The number of hydrogen-bond donors (Lipinski definition) is 1. The standard InChI is InChI=1S/C15H18N2O3S/c1-10(8-11-6-4-5-7-12(11)20-3)17(2)15-16-9-13(21-15)14(18)19/h4-7,9-10H,8H2,1-3H3,(H,18,19). The van der Waals surface area contributed by atoms with Crippen LogP contribution in [0.25, 0.3) is 0 Å². The fourth-order valence-electron chi connectivity index (χ4n) is 2.04. The Bertz CT molecular complexity index is 627. The van der Waals surface area contributed by atoms with Gasteiger partial charge in [-0.2, -0.15) is 0 Å². The Hall–Kier alpha value is -2.08. The van der Waals surface area contributed by atoms with Crippen molar-refractivity contribution in [1.29, 1.82) is 0 Å². The number of aromatic carboxylic acids is 1. The van der Waals surface area contributed by atoms with Crippen LogP contribution in [0.5, 0.6) is 5.75 Å². The van der Waals surface area contributed by atoms with Crippen LogP contribution in [0.1, 0.15) is 22.2 Å². The van der Waals surface area contributed by atoms with Gasteiger partial charge in [-0.15, -0.1) is 0 Å². The zero-order valence-electron chi connectivity index (χ0n) is 12.2. The number of aromatic nitrogens is 1. The van der Waals surface area contributed by atoms with Crippen LogP contribution in [-0.2, 0) is 6.42 Å². The number of para-hydroxylation sites is 1. The molecule has 0 bridgehead atoms. The van der Waals surface area contributed by atoms with Crippen LogP contribution in [0.3, 0.4) is 0 Å². The Labute approximate surface area is 127 Å². The molecule has 21 heavy (non-hydrogen) atoms. The molecule has 0 aliphatic heterocycles. The molecule has 1 N–H and O–H groups in total. The molecule has 0 aliphatic rings. The topological polar surface area (TPSA) is 62.7 Å². The molecule has 0 aliphatic carbocycles. The monoisotopic (exact) mass is 306 g/mol. The molecule has 5 nitrogen and oxygen atoms in total.